The molecule has 0 bridgehead atoms. The fourth-order valence-corrected chi connectivity index (χ4v) is 4.96. The summed E-state index contributed by atoms with van der Waals surface area (Å²) in [6.07, 6.45) is 7.99. The van der Waals surface area contributed by atoms with Gasteiger partial charge in [-0.1, -0.05) is 36.6 Å². The number of nitrogens with zero attached hydrogens (tertiary/aromatic N) is 4. The van der Waals surface area contributed by atoms with E-state index in [9.17, 15) is 4.79 Å². The van der Waals surface area contributed by atoms with Crippen LogP contribution in [0.5, 0.6) is 0 Å². The van der Waals surface area contributed by atoms with Crippen LogP contribution in [0.1, 0.15) is 41.6 Å². The van der Waals surface area contributed by atoms with Gasteiger partial charge in [-0.2, -0.15) is 0 Å². The van der Waals surface area contributed by atoms with Crippen LogP contribution in [0.4, 0.5) is 5.69 Å². The molecule has 1 fully saturated rings. The van der Waals surface area contributed by atoms with E-state index in [0.717, 1.165) is 18.5 Å². The number of anilines is 1. The highest BCUT2D eigenvalue weighted by molar-refractivity contribution is 6.34. The molecule has 26 heavy (non-hydrogen) atoms. The van der Waals surface area contributed by atoms with E-state index in [1.54, 1.807) is 18.6 Å². The summed E-state index contributed by atoms with van der Waals surface area (Å²) < 4.78 is 1.83. The molecule has 0 atom stereocenters. The first-order chi connectivity index (χ1) is 12.6. The first-order valence-electron chi connectivity index (χ1n) is 8.98. The van der Waals surface area contributed by atoms with Gasteiger partial charge in [0.2, 0.25) is 0 Å². The molecule has 2 aliphatic rings. The summed E-state index contributed by atoms with van der Waals surface area (Å²) in [6, 6.07) is 7.77. The Labute approximate surface area is 156 Å². The number of carbonyl (C=O) groups excluding carboxylic acids is 1. The number of halogens is 1. The Morgan fingerprint density at radius 2 is 2.00 bits per heavy atom. The van der Waals surface area contributed by atoms with Gasteiger partial charge in [0.05, 0.1) is 22.6 Å². The number of hydrogen-bond donors (Lipinski definition) is 0. The van der Waals surface area contributed by atoms with Gasteiger partial charge in [-0.05, 0) is 30.5 Å². The molecular weight excluding hydrogens is 348 g/mol. The van der Waals surface area contributed by atoms with Gasteiger partial charge in [0.1, 0.15) is 5.52 Å². The van der Waals surface area contributed by atoms with Crippen molar-refractivity contribution >= 4 is 34.4 Å². The molecule has 132 valence electrons. The molecule has 1 aromatic carbocycles. The van der Waals surface area contributed by atoms with Gasteiger partial charge >= 0.3 is 0 Å². The maximum Gasteiger partial charge on any atom is 0.260 e. The van der Waals surface area contributed by atoms with Crippen molar-refractivity contribution in [3.63, 3.8) is 0 Å². The second-order valence-electron chi connectivity index (χ2n) is 7.40. The minimum Gasteiger partial charge on any atom is -0.318 e. The number of aromatic nitrogens is 3. The van der Waals surface area contributed by atoms with Crippen LogP contribution in [0.15, 0.2) is 36.8 Å². The van der Waals surface area contributed by atoms with Crippen LogP contribution in [-0.4, -0.2) is 27.0 Å². The molecule has 0 N–H and O–H groups in total. The van der Waals surface area contributed by atoms with Gasteiger partial charge in [0.25, 0.3) is 5.91 Å². The topological polar surface area (TPSA) is 51.0 Å². The van der Waals surface area contributed by atoms with Crippen LogP contribution in [0, 0.1) is 0 Å². The van der Waals surface area contributed by atoms with E-state index in [0.29, 0.717) is 28.3 Å². The number of fused-ring (bicyclic) bond motifs is 3. The largest absolute Gasteiger partial charge is 0.318 e. The second kappa shape index (κ2) is 5.55. The van der Waals surface area contributed by atoms with Gasteiger partial charge in [-0.25, -0.2) is 9.97 Å². The van der Waals surface area contributed by atoms with E-state index in [2.05, 4.69) is 16.0 Å². The van der Waals surface area contributed by atoms with Crippen molar-refractivity contribution in [1.29, 1.82) is 0 Å². The highest BCUT2D eigenvalue weighted by atomic mass is 35.5. The smallest absolute Gasteiger partial charge is 0.260 e. The Morgan fingerprint density at radius 1 is 1.19 bits per heavy atom. The molecule has 1 amide bonds. The first kappa shape index (κ1) is 15.8. The number of hydrogen-bond acceptors (Lipinski definition) is 3. The molecule has 5 nitrogen and oxygen atoms in total. The standard InChI is InChI=1S/C20H19ClN4O/c1-24-12-23-16-13(7-10-22-18(16)24)19(26)25-11-20(8-2-3-9-20)14-5-4-6-15(21)17(14)25/h4-7,10,12H,2-3,8-9,11H2,1H3. The minimum atomic E-state index is -0.0470. The number of imidazole rings is 1. The summed E-state index contributed by atoms with van der Waals surface area (Å²) in [6.45, 7) is 0.696. The fraction of sp³-hybridized carbons (Fsp3) is 0.350. The molecule has 1 spiro atoms. The summed E-state index contributed by atoms with van der Waals surface area (Å²) in [4.78, 5) is 24.1. The number of pyridine rings is 1. The monoisotopic (exact) mass is 366 g/mol. The average molecular weight is 367 g/mol. The maximum atomic E-state index is 13.5. The molecule has 0 saturated heterocycles. The van der Waals surface area contributed by atoms with Crippen molar-refractivity contribution in [1.82, 2.24) is 14.5 Å². The molecule has 1 aliphatic carbocycles. The predicted molar refractivity (Wildman–Crippen MR) is 102 cm³/mol. The lowest BCUT2D eigenvalue weighted by atomic mass is 9.81. The summed E-state index contributed by atoms with van der Waals surface area (Å²) >= 11 is 6.55. The fourth-order valence-electron chi connectivity index (χ4n) is 4.68. The minimum absolute atomic E-state index is 0.0470. The highest BCUT2D eigenvalue weighted by Crippen LogP contribution is 2.52. The molecule has 3 heterocycles. The Kier molecular flexibility index (Phi) is 3.38. The molecule has 0 unspecified atom stereocenters. The summed E-state index contributed by atoms with van der Waals surface area (Å²) in [5.74, 6) is -0.0470. The summed E-state index contributed by atoms with van der Waals surface area (Å²) in [5.41, 5.74) is 4.08. The Morgan fingerprint density at radius 3 is 2.81 bits per heavy atom. The van der Waals surface area contributed by atoms with E-state index in [-0.39, 0.29) is 11.3 Å². The molecule has 2 aromatic heterocycles. The van der Waals surface area contributed by atoms with Crippen molar-refractivity contribution < 1.29 is 4.79 Å². The SMILES string of the molecule is Cn1cnc2c(C(=O)N3CC4(CCCC4)c4cccc(Cl)c43)ccnc21. The number of amides is 1. The summed E-state index contributed by atoms with van der Waals surface area (Å²) in [7, 11) is 1.88. The number of aryl methyl sites for hydroxylation is 1. The first-order valence-corrected chi connectivity index (χ1v) is 9.35. The lowest BCUT2D eigenvalue weighted by molar-refractivity contribution is 0.0986. The third kappa shape index (κ3) is 2.07. The van der Waals surface area contributed by atoms with Crippen LogP contribution in [0.2, 0.25) is 5.02 Å². The maximum absolute atomic E-state index is 13.5. The van der Waals surface area contributed by atoms with Crippen LogP contribution < -0.4 is 4.90 Å². The zero-order valence-electron chi connectivity index (χ0n) is 14.6. The lowest BCUT2D eigenvalue weighted by Crippen LogP contribution is -2.35. The second-order valence-corrected chi connectivity index (χ2v) is 7.81. The van der Waals surface area contributed by atoms with Crippen molar-refractivity contribution in [2.24, 2.45) is 7.05 Å². The zero-order chi connectivity index (χ0) is 17.9. The Hall–Kier alpha value is -2.40. The normalized spacial score (nSPS) is 18.0. The molecule has 0 radical (unpaired) electrons. The van der Waals surface area contributed by atoms with Gasteiger partial charge in [0.15, 0.2) is 5.65 Å². The van der Waals surface area contributed by atoms with Gasteiger partial charge in [0, 0.05) is 25.2 Å². The predicted octanol–water partition coefficient (Wildman–Crippen LogP) is 4.09. The van der Waals surface area contributed by atoms with Crippen LogP contribution >= 0.6 is 11.6 Å². The molecule has 3 aromatic rings. The van der Waals surface area contributed by atoms with Crippen LogP contribution in [-0.2, 0) is 12.5 Å². The van der Waals surface area contributed by atoms with Gasteiger partial charge in [-0.3, -0.25) is 4.79 Å². The Balaban J connectivity index is 1.66. The van der Waals surface area contributed by atoms with Crippen molar-refractivity contribution in [2.45, 2.75) is 31.1 Å². The Bertz CT molecular complexity index is 1040. The van der Waals surface area contributed by atoms with Crippen molar-refractivity contribution in [3.8, 4) is 0 Å². The van der Waals surface area contributed by atoms with E-state index < -0.39 is 0 Å². The van der Waals surface area contributed by atoms with Crippen LogP contribution in [0.25, 0.3) is 11.2 Å². The third-order valence-corrected chi connectivity index (χ3v) is 6.23. The van der Waals surface area contributed by atoms with E-state index in [1.165, 1.54) is 18.4 Å². The van der Waals surface area contributed by atoms with E-state index in [4.69, 9.17) is 11.6 Å². The van der Waals surface area contributed by atoms with E-state index in [1.807, 2.05) is 28.6 Å². The third-order valence-electron chi connectivity index (χ3n) is 5.92. The van der Waals surface area contributed by atoms with Crippen molar-refractivity contribution in [2.75, 3.05) is 11.4 Å². The highest BCUT2D eigenvalue weighted by Gasteiger charge is 2.47. The quantitative estimate of drug-likeness (QED) is 0.651. The summed E-state index contributed by atoms with van der Waals surface area (Å²) in [5, 5.41) is 0.644. The van der Waals surface area contributed by atoms with Crippen molar-refractivity contribution in [3.05, 3.63) is 52.9 Å². The molecular formula is C20H19ClN4O. The van der Waals surface area contributed by atoms with E-state index >= 15 is 0 Å². The number of carbonyl (C=O) groups is 1. The van der Waals surface area contributed by atoms with Crippen LogP contribution in [0.3, 0.4) is 0 Å². The zero-order valence-corrected chi connectivity index (χ0v) is 15.3. The number of benzene rings is 1. The molecule has 5 rings (SSSR count). The van der Waals surface area contributed by atoms with Gasteiger partial charge in [-0.15, -0.1) is 0 Å². The molecule has 1 aliphatic heterocycles. The number of rotatable bonds is 1. The average Bonchev–Trinajstić information content (AvgIpc) is 3.35. The molecule has 6 heteroatoms. The number of para-hydroxylation sites is 1. The van der Waals surface area contributed by atoms with Gasteiger partial charge < -0.3 is 9.47 Å². The molecule has 1 saturated carbocycles. The lowest BCUT2D eigenvalue weighted by Gasteiger charge is -2.24.